The predicted molar refractivity (Wildman–Crippen MR) is 86.2 cm³/mol. The Kier molecular flexibility index (Phi) is 6.06. The number of carbonyl (C=O) groups excluding carboxylic acids is 2. The van der Waals surface area contributed by atoms with Crippen LogP contribution in [0.2, 0.25) is 0 Å². The van der Waals surface area contributed by atoms with Gasteiger partial charge < -0.3 is 19.1 Å². The lowest BCUT2D eigenvalue weighted by molar-refractivity contribution is -0.127. The van der Waals surface area contributed by atoms with Gasteiger partial charge in [0.25, 0.3) is 0 Å². The third-order valence-corrected chi connectivity index (χ3v) is 3.89. The van der Waals surface area contributed by atoms with Crippen LogP contribution in [0.25, 0.3) is 0 Å². The summed E-state index contributed by atoms with van der Waals surface area (Å²) in [5.74, 6) is 0.742. The SMILES string of the molecule is COCCN(C)C/C=C/C(=O)N1CCn2c(C(C)=O)cnc2C1. The fraction of sp³-hybridized carbons (Fsp3) is 0.562. The summed E-state index contributed by atoms with van der Waals surface area (Å²) in [5, 5.41) is 0. The van der Waals surface area contributed by atoms with Crippen LogP contribution in [0.5, 0.6) is 0 Å². The van der Waals surface area contributed by atoms with Gasteiger partial charge in [0.2, 0.25) is 5.91 Å². The summed E-state index contributed by atoms with van der Waals surface area (Å²) in [6.45, 7) is 5.37. The molecule has 7 nitrogen and oxygen atoms in total. The van der Waals surface area contributed by atoms with Gasteiger partial charge in [-0.05, 0) is 7.05 Å². The smallest absolute Gasteiger partial charge is 0.246 e. The quantitative estimate of drug-likeness (QED) is 0.542. The van der Waals surface area contributed by atoms with E-state index in [1.807, 2.05) is 17.7 Å². The Hall–Kier alpha value is -1.99. The molecule has 1 aromatic heterocycles. The molecule has 0 saturated carbocycles. The molecule has 0 atom stereocenters. The lowest BCUT2D eigenvalue weighted by atomic mass is 10.3. The van der Waals surface area contributed by atoms with Crippen LogP contribution >= 0.6 is 0 Å². The number of Topliss-reactive ketones (excluding diaryl/α,β-unsaturated/α-hetero) is 1. The molecular weight excluding hydrogens is 296 g/mol. The van der Waals surface area contributed by atoms with Gasteiger partial charge in [-0.3, -0.25) is 9.59 Å². The summed E-state index contributed by atoms with van der Waals surface area (Å²) in [6.07, 6.45) is 5.06. The van der Waals surface area contributed by atoms with Crippen LogP contribution in [0.1, 0.15) is 23.2 Å². The molecule has 1 aliphatic rings. The fourth-order valence-electron chi connectivity index (χ4n) is 2.51. The van der Waals surface area contributed by atoms with Gasteiger partial charge in [-0.15, -0.1) is 0 Å². The first-order valence-corrected chi connectivity index (χ1v) is 7.71. The maximum absolute atomic E-state index is 12.2. The van der Waals surface area contributed by atoms with E-state index in [1.54, 1.807) is 24.3 Å². The Morgan fingerprint density at radius 2 is 2.22 bits per heavy atom. The van der Waals surface area contributed by atoms with Gasteiger partial charge in [-0.1, -0.05) is 6.08 Å². The fourth-order valence-corrected chi connectivity index (χ4v) is 2.51. The number of rotatable bonds is 7. The second kappa shape index (κ2) is 8.03. The summed E-state index contributed by atoms with van der Waals surface area (Å²) in [7, 11) is 3.65. The normalized spacial score (nSPS) is 14.5. The molecule has 126 valence electrons. The molecule has 1 aliphatic heterocycles. The van der Waals surface area contributed by atoms with Gasteiger partial charge >= 0.3 is 0 Å². The first-order chi connectivity index (χ1) is 11.0. The number of ketones is 1. The molecule has 2 heterocycles. The highest BCUT2D eigenvalue weighted by molar-refractivity contribution is 5.92. The molecule has 0 spiro atoms. The number of carbonyl (C=O) groups is 2. The topological polar surface area (TPSA) is 67.7 Å². The van der Waals surface area contributed by atoms with Gasteiger partial charge in [0.05, 0.1) is 19.3 Å². The lowest BCUT2D eigenvalue weighted by Crippen LogP contribution is -2.38. The summed E-state index contributed by atoms with van der Waals surface area (Å²) < 4.78 is 6.91. The predicted octanol–water partition coefficient (Wildman–Crippen LogP) is 0.562. The van der Waals surface area contributed by atoms with Gasteiger partial charge in [0, 0.05) is 46.3 Å². The van der Waals surface area contributed by atoms with E-state index in [1.165, 1.54) is 6.92 Å². The maximum atomic E-state index is 12.2. The molecule has 0 aliphatic carbocycles. The van der Waals surface area contributed by atoms with Crippen LogP contribution in [0, 0.1) is 0 Å². The number of likely N-dealkylation sites (N-methyl/N-ethyl adjacent to an activating group) is 1. The van der Waals surface area contributed by atoms with E-state index in [0.29, 0.717) is 38.5 Å². The number of aromatic nitrogens is 2. The largest absolute Gasteiger partial charge is 0.383 e. The highest BCUT2D eigenvalue weighted by atomic mass is 16.5. The monoisotopic (exact) mass is 320 g/mol. The summed E-state index contributed by atoms with van der Waals surface area (Å²) in [4.78, 5) is 31.8. The van der Waals surface area contributed by atoms with Crippen molar-refractivity contribution in [3.63, 3.8) is 0 Å². The molecule has 0 fully saturated rings. The Bertz CT molecular complexity index is 594. The highest BCUT2D eigenvalue weighted by Gasteiger charge is 2.23. The molecule has 0 aromatic carbocycles. The first-order valence-electron chi connectivity index (χ1n) is 7.71. The van der Waals surface area contributed by atoms with Gasteiger partial charge in [0.1, 0.15) is 11.5 Å². The molecule has 23 heavy (non-hydrogen) atoms. The number of hydrogen-bond acceptors (Lipinski definition) is 5. The Labute approximate surface area is 136 Å². The molecule has 0 bridgehead atoms. The first kappa shape index (κ1) is 17.4. The second-order valence-corrected chi connectivity index (χ2v) is 5.68. The van der Waals surface area contributed by atoms with Crippen molar-refractivity contribution in [3.8, 4) is 0 Å². The van der Waals surface area contributed by atoms with Gasteiger partial charge in [-0.2, -0.15) is 0 Å². The van der Waals surface area contributed by atoms with Crippen molar-refractivity contribution in [1.82, 2.24) is 19.4 Å². The minimum absolute atomic E-state index is 0.00233. The van der Waals surface area contributed by atoms with Crippen molar-refractivity contribution >= 4 is 11.7 Å². The number of fused-ring (bicyclic) bond motifs is 1. The van der Waals surface area contributed by atoms with Crippen LogP contribution < -0.4 is 0 Å². The van der Waals surface area contributed by atoms with E-state index < -0.39 is 0 Å². The molecule has 0 radical (unpaired) electrons. The van der Waals surface area contributed by atoms with E-state index in [0.717, 1.165) is 12.4 Å². The zero-order chi connectivity index (χ0) is 16.8. The van der Waals surface area contributed by atoms with Crippen molar-refractivity contribution in [2.75, 3.05) is 40.4 Å². The number of nitrogens with zero attached hydrogens (tertiary/aromatic N) is 4. The maximum Gasteiger partial charge on any atom is 0.246 e. The lowest BCUT2D eigenvalue weighted by Gasteiger charge is -2.27. The van der Waals surface area contributed by atoms with Gasteiger partial charge in [-0.25, -0.2) is 4.98 Å². The Morgan fingerprint density at radius 1 is 1.43 bits per heavy atom. The average molecular weight is 320 g/mol. The van der Waals surface area contributed by atoms with Crippen molar-refractivity contribution in [3.05, 3.63) is 29.9 Å². The van der Waals surface area contributed by atoms with Crippen molar-refractivity contribution in [2.45, 2.75) is 20.0 Å². The van der Waals surface area contributed by atoms with Crippen LogP contribution in [0.4, 0.5) is 0 Å². The molecule has 1 aromatic rings. The van der Waals surface area contributed by atoms with Crippen LogP contribution in [0.3, 0.4) is 0 Å². The minimum atomic E-state index is -0.0243. The molecular formula is C16H24N4O3. The third kappa shape index (κ3) is 4.49. The Morgan fingerprint density at radius 3 is 2.91 bits per heavy atom. The van der Waals surface area contributed by atoms with Crippen LogP contribution in [0.15, 0.2) is 18.3 Å². The van der Waals surface area contributed by atoms with E-state index >= 15 is 0 Å². The average Bonchev–Trinajstić information content (AvgIpc) is 2.96. The number of amides is 1. The molecule has 0 unspecified atom stereocenters. The minimum Gasteiger partial charge on any atom is -0.383 e. The Balaban J connectivity index is 1.88. The summed E-state index contributed by atoms with van der Waals surface area (Å²) >= 11 is 0. The standard InChI is InChI=1S/C16H24N4O3/c1-13(21)14-11-17-15-12-19(7-8-20(14)15)16(22)5-4-6-18(2)9-10-23-3/h4-5,11H,6-10,12H2,1-3H3/b5-4+. The van der Waals surface area contributed by atoms with Crippen molar-refractivity contribution in [2.24, 2.45) is 0 Å². The van der Waals surface area contributed by atoms with Crippen molar-refractivity contribution in [1.29, 1.82) is 0 Å². The van der Waals surface area contributed by atoms with Crippen LogP contribution in [-0.2, 0) is 22.6 Å². The zero-order valence-electron chi connectivity index (χ0n) is 14.0. The molecule has 1 amide bonds. The molecule has 0 N–H and O–H groups in total. The number of hydrogen-bond donors (Lipinski definition) is 0. The second-order valence-electron chi connectivity index (χ2n) is 5.68. The zero-order valence-corrected chi connectivity index (χ0v) is 14.0. The number of methoxy groups -OCH3 is 1. The van der Waals surface area contributed by atoms with E-state index in [-0.39, 0.29) is 11.7 Å². The summed E-state index contributed by atoms with van der Waals surface area (Å²) in [5.41, 5.74) is 0.613. The number of imidazole rings is 1. The summed E-state index contributed by atoms with van der Waals surface area (Å²) in [6, 6.07) is 0. The van der Waals surface area contributed by atoms with Crippen LogP contribution in [-0.4, -0.2) is 71.4 Å². The third-order valence-electron chi connectivity index (χ3n) is 3.89. The van der Waals surface area contributed by atoms with E-state index in [4.69, 9.17) is 4.74 Å². The van der Waals surface area contributed by atoms with E-state index in [2.05, 4.69) is 9.88 Å². The molecule has 7 heteroatoms. The van der Waals surface area contributed by atoms with Gasteiger partial charge in [0.15, 0.2) is 5.78 Å². The molecule has 0 saturated heterocycles. The van der Waals surface area contributed by atoms with E-state index in [9.17, 15) is 9.59 Å². The van der Waals surface area contributed by atoms with Crippen molar-refractivity contribution < 1.29 is 14.3 Å². The number of ether oxygens (including phenoxy) is 1. The molecule has 2 rings (SSSR count). The highest BCUT2D eigenvalue weighted by Crippen LogP contribution is 2.15.